The largest absolute Gasteiger partial charge is 4.00 e. The summed E-state index contributed by atoms with van der Waals surface area (Å²) < 4.78 is 0. The molecule has 0 saturated heterocycles. The van der Waals surface area contributed by atoms with Crippen LogP contribution < -0.4 is 24.8 Å². The van der Waals surface area contributed by atoms with Gasteiger partial charge in [0.05, 0.1) is 0 Å². The normalized spacial score (nSPS) is 11.7. The van der Waals surface area contributed by atoms with Crippen molar-refractivity contribution in [2.24, 2.45) is 0 Å². The van der Waals surface area contributed by atoms with Gasteiger partial charge < -0.3 is 24.8 Å². The monoisotopic (exact) mass is 738 g/mol. The van der Waals surface area contributed by atoms with Crippen molar-refractivity contribution in [2.75, 3.05) is 0 Å². The molecule has 0 heterocycles. The van der Waals surface area contributed by atoms with Gasteiger partial charge in [-0.15, -0.1) is 28.8 Å². The minimum absolute atomic E-state index is 0. The molecule has 5 aromatic carbocycles. The van der Waals surface area contributed by atoms with E-state index < -0.39 is 0 Å². The molecule has 0 nitrogen and oxygen atoms in total. The van der Waals surface area contributed by atoms with Crippen LogP contribution in [0.25, 0.3) is 33.4 Å². The summed E-state index contributed by atoms with van der Waals surface area (Å²) in [7, 11) is 0. The molecule has 6 rings (SSSR count). The molecule has 0 saturated carbocycles. The number of rotatable bonds is 2. The molecule has 0 spiro atoms. The summed E-state index contributed by atoms with van der Waals surface area (Å²) in [5.41, 5.74) is 21.9. The van der Waals surface area contributed by atoms with Crippen LogP contribution in [0.1, 0.15) is 97.2 Å². The van der Waals surface area contributed by atoms with E-state index in [0.29, 0.717) is 0 Å². The van der Waals surface area contributed by atoms with Gasteiger partial charge in [0, 0.05) is 0 Å². The SMILES string of the molecule is Cc1cc(C)c(-c2[c-]c3c(cc2C(C)(C)C)-c2cc(C(C)(C)C)c(-c4c(C)cc(C)cc4C)cc2C3)c(C)c1.[Cl-].[Cl-].[Zr+4].c1cc[cH-]c1. The van der Waals surface area contributed by atoms with Crippen LogP contribution in [0, 0.1) is 47.6 Å². The number of halogens is 2. The van der Waals surface area contributed by atoms with Gasteiger partial charge in [-0.1, -0.05) is 117 Å². The van der Waals surface area contributed by atoms with Crippen LogP contribution in [0.2, 0.25) is 0 Å². The predicted octanol–water partition coefficient (Wildman–Crippen LogP) is 6.25. The maximum atomic E-state index is 4.01. The summed E-state index contributed by atoms with van der Waals surface area (Å²) in [6, 6.07) is 30.8. The van der Waals surface area contributed by atoms with E-state index in [1.54, 1.807) is 0 Å². The van der Waals surface area contributed by atoms with Crippen molar-refractivity contribution in [3.8, 4) is 33.4 Å². The van der Waals surface area contributed by atoms with E-state index in [4.69, 9.17) is 0 Å². The molecule has 1 aliphatic rings. The van der Waals surface area contributed by atoms with Crippen LogP contribution in [0.3, 0.4) is 0 Å². The Morgan fingerprint density at radius 3 is 1.43 bits per heavy atom. The zero-order chi connectivity index (χ0) is 32.1. The second-order valence-corrected chi connectivity index (χ2v) is 15.2. The maximum absolute atomic E-state index is 4.01. The van der Waals surface area contributed by atoms with Crippen molar-refractivity contribution in [3.05, 3.63) is 134 Å². The summed E-state index contributed by atoms with van der Waals surface area (Å²) in [5, 5.41) is 0. The average Bonchev–Trinajstić information content (AvgIpc) is 3.57. The Labute approximate surface area is 317 Å². The first-order chi connectivity index (χ1) is 20.6. The Kier molecular flexibility index (Phi) is 13.5. The van der Waals surface area contributed by atoms with Crippen molar-refractivity contribution in [1.82, 2.24) is 0 Å². The van der Waals surface area contributed by atoms with Gasteiger partial charge in [-0.2, -0.15) is 18.2 Å². The van der Waals surface area contributed by atoms with Crippen LogP contribution in [-0.2, 0) is 43.5 Å². The molecule has 0 aromatic heterocycles. The Bertz CT molecular complexity index is 1660. The summed E-state index contributed by atoms with van der Waals surface area (Å²) >= 11 is 0. The molecule has 0 aliphatic heterocycles. The Hall–Kier alpha value is -2.31. The van der Waals surface area contributed by atoms with E-state index >= 15 is 0 Å². The van der Waals surface area contributed by atoms with Gasteiger partial charge in [0.2, 0.25) is 0 Å². The third-order valence-electron chi connectivity index (χ3n) is 9.10. The van der Waals surface area contributed by atoms with E-state index in [9.17, 15) is 0 Å². The number of aryl methyl sites for hydroxylation is 6. The predicted molar refractivity (Wildman–Crippen MR) is 192 cm³/mol. The summed E-state index contributed by atoms with van der Waals surface area (Å²) in [6.07, 6.45) is 0.938. The molecule has 0 bridgehead atoms. The fraction of sp³-hybridized carbons (Fsp3) is 0.341. The van der Waals surface area contributed by atoms with E-state index in [2.05, 4.69) is 132 Å². The molecular formula is C44H50Cl2Zr. The second kappa shape index (κ2) is 15.5. The Balaban J connectivity index is 0.000000879. The molecule has 1 aliphatic carbocycles. The van der Waals surface area contributed by atoms with Crippen LogP contribution in [0.15, 0.2) is 72.8 Å². The molecule has 0 radical (unpaired) electrons. The molecule has 0 N–H and O–H groups in total. The Morgan fingerprint density at radius 2 is 1.00 bits per heavy atom. The standard InChI is InChI=1S/C39H45.C5H5.2ClH.Zr/c1-22-13-24(3)36(25(4)14-22)32-18-28-17-29-19-33(37-26(5)15-23(2)16-27(37)6)35(39(10,11)12)21-31(29)30(28)20-34(32)38(7,8)9;1-2-4-5-3-1;;;/h13-16,18,20-21H,17H2,1-12H3;1-5H;2*1H;/q2*-1;;;+4/p-2. The van der Waals surface area contributed by atoms with Gasteiger partial charge in [-0.25, -0.2) is 12.1 Å². The fourth-order valence-corrected chi connectivity index (χ4v) is 7.32. The summed E-state index contributed by atoms with van der Waals surface area (Å²) in [4.78, 5) is 0. The molecule has 0 amide bonds. The van der Waals surface area contributed by atoms with Gasteiger partial charge in [-0.3, -0.25) is 0 Å². The molecule has 5 aromatic rings. The second-order valence-electron chi connectivity index (χ2n) is 15.2. The van der Waals surface area contributed by atoms with Gasteiger partial charge in [-0.05, 0) is 92.2 Å². The van der Waals surface area contributed by atoms with Gasteiger partial charge in [0.15, 0.2) is 0 Å². The summed E-state index contributed by atoms with van der Waals surface area (Å²) in [6.45, 7) is 27.5. The van der Waals surface area contributed by atoms with E-state index in [0.717, 1.165) is 6.42 Å². The third kappa shape index (κ3) is 8.47. The molecule has 0 atom stereocenters. The molecule has 3 heteroatoms. The molecule has 0 fully saturated rings. The van der Waals surface area contributed by atoms with Gasteiger partial charge in [0.25, 0.3) is 0 Å². The zero-order valence-corrected chi connectivity index (χ0v) is 34.4. The minimum Gasteiger partial charge on any atom is -1.00 e. The Morgan fingerprint density at radius 1 is 0.553 bits per heavy atom. The third-order valence-corrected chi connectivity index (χ3v) is 9.10. The fourth-order valence-electron chi connectivity index (χ4n) is 7.32. The average molecular weight is 741 g/mol. The topological polar surface area (TPSA) is 0 Å². The number of benzene rings is 4. The van der Waals surface area contributed by atoms with Crippen LogP contribution in [-0.4, -0.2) is 0 Å². The van der Waals surface area contributed by atoms with Crippen LogP contribution in [0.4, 0.5) is 0 Å². The van der Waals surface area contributed by atoms with Gasteiger partial charge in [0.1, 0.15) is 0 Å². The number of hydrogen-bond acceptors (Lipinski definition) is 0. The maximum Gasteiger partial charge on any atom is 4.00 e. The minimum atomic E-state index is 0. The van der Waals surface area contributed by atoms with Crippen LogP contribution in [0.5, 0.6) is 0 Å². The van der Waals surface area contributed by atoms with E-state index in [1.807, 2.05) is 30.3 Å². The van der Waals surface area contributed by atoms with Crippen molar-refractivity contribution in [2.45, 2.75) is 100 Å². The number of fused-ring (bicyclic) bond motifs is 3. The molecule has 0 unspecified atom stereocenters. The zero-order valence-electron chi connectivity index (χ0n) is 30.4. The first-order valence-electron chi connectivity index (χ1n) is 16.2. The van der Waals surface area contributed by atoms with Crippen molar-refractivity contribution >= 4 is 0 Å². The van der Waals surface area contributed by atoms with Gasteiger partial charge >= 0.3 is 26.2 Å². The quantitative estimate of drug-likeness (QED) is 0.185. The number of hydrogen-bond donors (Lipinski definition) is 0. The van der Waals surface area contributed by atoms with Crippen molar-refractivity contribution in [3.63, 3.8) is 0 Å². The molecule has 244 valence electrons. The smallest absolute Gasteiger partial charge is 1.00 e. The van der Waals surface area contributed by atoms with Crippen LogP contribution >= 0.6 is 0 Å². The first kappa shape index (κ1) is 40.9. The summed E-state index contributed by atoms with van der Waals surface area (Å²) in [5.74, 6) is 0. The van der Waals surface area contributed by atoms with E-state index in [-0.39, 0.29) is 61.8 Å². The molecular weight excluding hydrogens is 691 g/mol. The van der Waals surface area contributed by atoms with Crippen molar-refractivity contribution in [1.29, 1.82) is 0 Å². The molecule has 47 heavy (non-hydrogen) atoms. The first-order valence-corrected chi connectivity index (χ1v) is 16.2. The van der Waals surface area contributed by atoms with E-state index in [1.165, 1.54) is 89.0 Å². The van der Waals surface area contributed by atoms with Crippen molar-refractivity contribution < 1.29 is 51.0 Å².